The van der Waals surface area contributed by atoms with Gasteiger partial charge in [-0.1, -0.05) is 0 Å². The molecule has 0 saturated carbocycles. The van der Waals surface area contributed by atoms with Crippen molar-refractivity contribution in [2.75, 3.05) is 0 Å². The van der Waals surface area contributed by atoms with Gasteiger partial charge < -0.3 is 11.5 Å². The van der Waals surface area contributed by atoms with Crippen LogP contribution in [0.2, 0.25) is 0 Å². The average molecular weight is 230 g/mol. The van der Waals surface area contributed by atoms with E-state index in [2.05, 4.69) is 21.4 Å². The number of hydrazone groups is 1. The largest absolute Gasteiger partial charge is 0.351 e. The third-order valence-electron chi connectivity index (χ3n) is 1.58. The third kappa shape index (κ3) is 7.56. The molecule has 0 unspecified atom stereocenters. The number of hydrogen-bond acceptors (Lipinski definition) is 4. The molecule has 0 saturated heterocycles. The summed E-state index contributed by atoms with van der Waals surface area (Å²) >= 11 is 0. The van der Waals surface area contributed by atoms with Crippen molar-refractivity contribution in [3.05, 3.63) is 0 Å². The molecule has 0 rings (SSSR count). The quantitative estimate of drug-likeness (QED) is 0.318. The van der Waals surface area contributed by atoms with E-state index in [4.69, 9.17) is 11.5 Å². The Balaban J connectivity index is 4.18. The predicted molar refractivity (Wildman–Crippen MR) is 60.4 cm³/mol. The van der Waals surface area contributed by atoms with Gasteiger partial charge in [-0.2, -0.15) is 5.10 Å². The monoisotopic (exact) mass is 230 g/mol. The Morgan fingerprint density at radius 1 is 1.25 bits per heavy atom. The fraction of sp³-hybridized carbons (Fsp3) is 0.625. The van der Waals surface area contributed by atoms with Crippen molar-refractivity contribution in [2.45, 2.75) is 32.7 Å². The molecule has 0 aromatic heterocycles. The van der Waals surface area contributed by atoms with E-state index >= 15 is 0 Å². The summed E-state index contributed by atoms with van der Waals surface area (Å²) in [6.07, 6.45) is 0.494. The smallest absolute Gasteiger partial charge is 0.332 e. The first-order valence-electron chi connectivity index (χ1n) is 4.64. The highest BCUT2D eigenvalue weighted by atomic mass is 16.2. The summed E-state index contributed by atoms with van der Waals surface area (Å²) in [5.41, 5.74) is 17.1. The van der Waals surface area contributed by atoms with Gasteiger partial charge in [-0.15, -0.1) is 0 Å². The Labute approximate surface area is 93.8 Å². The number of primary amides is 2. The van der Waals surface area contributed by atoms with Gasteiger partial charge in [0, 0.05) is 17.7 Å². The van der Waals surface area contributed by atoms with E-state index in [1.54, 1.807) is 6.92 Å². The molecule has 0 atom stereocenters. The molecular formula is C8H18N6O2. The molecule has 0 aliphatic carbocycles. The van der Waals surface area contributed by atoms with Crippen molar-refractivity contribution >= 4 is 17.8 Å². The Morgan fingerprint density at radius 3 is 2.25 bits per heavy atom. The lowest BCUT2D eigenvalue weighted by Gasteiger charge is -2.25. The average Bonchev–Trinajstić information content (AvgIpc) is 2.11. The highest BCUT2D eigenvalue weighted by Gasteiger charge is 2.18. The summed E-state index contributed by atoms with van der Waals surface area (Å²) in [5, 5.41) is 3.74. The molecule has 92 valence electrons. The minimum Gasteiger partial charge on any atom is -0.351 e. The maximum atomic E-state index is 10.5. The van der Waals surface area contributed by atoms with Crippen LogP contribution in [0.25, 0.3) is 0 Å². The summed E-state index contributed by atoms with van der Waals surface area (Å²) in [6, 6.07) is -1.39. The van der Waals surface area contributed by atoms with E-state index in [0.717, 1.165) is 0 Å². The second-order valence-electron chi connectivity index (χ2n) is 4.00. The molecule has 0 aliphatic rings. The van der Waals surface area contributed by atoms with Gasteiger partial charge in [-0.05, 0) is 20.8 Å². The number of urea groups is 2. The van der Waals surface area contributed by atoms with Crippen LogP contribution in [0, 0.1) is 0 Å². The first kappa shape index (κ1) is 14.2. The number of hydrazine groups is 1. The number of rotatable bonds is 5. The Bertz CT molecular complexity index is 299. The number of hydrogen-bond donors (Lipinski definition) is 5. The van der Waals surface area contributed by atoms with Gasteiger partial charge in [0.1, 0.15) is 0 Å². The third-order valence-corrected chi connectivity index (χ3v) is 1.58. The highest BCUT2D eigenvalue weighted by Crippen LogP contribution is 2.07. The van der Waals surface area contributed by atoms with Gasteiger partial charge in [-0.25, -0.2) is 20.4 Å². The Morgan fingerprint density at radius 2 is 1.81 bits per heavy atom. The predicted octanol–water partition coefficient (Wildman–Crippen LogP) is -0.628. The molecular weight excluding hydrogens is 212 g/mol. The van der Waals surface area contributed by atoms with Crippen molar-refractivity contribution in [1.29, 1.82) is 0 Å². The van der Waals surface area contributed by atoms with E-state index in [1.807, 2.05) is 13.8 Å². The molecule has 0 fully saturated rings. The molecule has 0 heterocycles. The van der Waals surface area contributed by atoms with E-state index in [1.165, 1.54) is 0 Å². The number of nitrogens with zero attached hydrogens (tertiary/aromatic N) is 1. The van der Waals surface area contributed by atoms with E-state index in [-0.39, 0.29) is 0 Å². The van der Waals surface area contributed by atoms with Crippen LogP contribution < -0.4 is 27.7 Å². The normalized spacial score (nSPS) is 12.1. The van der Waals surface area contributed by atoms with E-state index in [9.17, 15) is 9.59 Å². The zero-order valence-corrected chi connectivity index (χ0v) is 9.63. The summed E-state index contributed by atoms with van der Waals surface area (Å²) in [7, 11) is 0. The summed E-state index contributed by atoms with van der Waals surface area (Å²) < 4.78 is 0. The van der Waals surface area contributed by atoms with Gasteiger partial charge in [0.15, 0.2) is 0 Å². The van der Waals surface area contributed by atoms with E-state index < -0.39 is 17.6 Å². The SMILES string of the molecule is C/C(CC(C)(C)NNC(N)=O)=N/NC(N)=O. The lowest BCUT2D eigenvalue weighted by atomic mass is 9.99. The van der Waals surface area contributed by atoms with Crippen LogP contribution in [0.1, 0.15) is 27.2 Å². The number of amides is 4. The molecule has 4 amide bonds. The van der Waals surface area contributed by atoms with E-state index in [0.29, 0.717) is 12.1 Å². The van der Waals surface area contributed by atoms with Crippen molar-refractivity contribution in [1.82, 2.24) is 16.3 Å². The lowest BCUT2D eigenvalue weighted by Crippen LogP contribution is -2.53. The van der Waals surface area contributed by atoms with Crippen LogP contribution in [0.5, 0.6) is 0 Å². The van der Waals surface area contributed by atoms with Crippen molar-refractivity contribution in [3.63, 3.8) is 0 Å². The minimum atomic E-state index is -0.722. The zero-order valence-electron chi connectivity index (χ0n) is 9.63. The molecule has 8 nitrogen and oxygen atoms in total. The second-order valence-corrected chi connectivity index (χ2v) is 4.00. The first-order chi connectivity index (χ1) is 7.23. The number of carbonyl (C=O) groups is 2. The molecule has 16 heavy (non-hydrogen) atoms. The maximum absolute atomic E-state index is 10.5. The first-order valence-corrected chi connectivity index (χ1v) is 4.64. The molecule has 0 spiro atoms. The Kier molecular flexibility index (Phi) is 5.23. The van der Waals surface area contributed by atoms with Crippen LogP contribution in [-0.4, -0.2) is 23.3 Å². The number of nitrogens with one attached hydrogen (secondary N) is 3. The molecule has 0 aromatic carbocycles. The van der Waals surface area contributed by atoms with Crippen LogP contribution >= 0.6 is 0 Å². The Hall–Kier alpha value is -1.83. The van der Waals surface area contributed by atoms with Crippen LogP contribution in [-0.2, 0) is 0 Å². The fourth-order valence-corrected chi connectivity index (χ4v) is 1.10. The molecule has 7 N–H and O–H groups in total. The summed E-state index contributed by atoms with van der Waals surface area (Å²) in [4.78, 5) is 20.9. The molecule has 8 heteroatoms. The molecule has 0 radical (unpaired) electrons. The minimum absolute atomic E-state index is 0.443. The van der Waals surface area contributed by atoms with Gasteiger partial charge >= 0.3 is 12.1 Å². The number of nitrogens with two attached hydrogens (primary N) is 2. The second kappa shape index (κ2) is 5.91. The molecule has 0 aromatic rings. The van der Waals surface area contributed by atoms with Gasteiger partial charge in [0.2, 0.25) is 0 Å². The highest BCUT2D eigenvalue weighted by molar-refractivity contribution is 5.84. The maximum Gasteiger partial charge on any atom is 0.332 e. The summed E-state index contributed by atoms with van der Waals surface area (Å²) in [5.74, 6) is 0. The van der Waals surface area contributed by atoms with Crippen molar-refractivity contribution < 1.29 is 9.59 Å². The number of carbonyl (C=O) groups excluding carboxylic acids is 2. The summed E-state index contributed by atoms with van der Waals surface area (Å²) in [6.45, 7) is 5.40. The standard InChI is InChI=1S/C8H18N6O2/c1-5(11-12-6(9)15)4-8(2,3)14-13-7(10)16/h14H,4H2,1-3H3,(H3,9,12,15)(H3,10,13,16)/b11-5-. The van der Waals surface area contributed by atoms with Gasteiger partial charge in [0.25, 0.3) is 0 Å². The van der Waals surface area contributed by atoms with Crippen molar-refractivity contribution in [2.24, 2.45) is 16.6 Å². The topological polar surface area (TPSA) is 135 Å². The van der Waals surface area contributed by atoms with Gasteiger partial charge in [0.05, 0.1) is 0 Å². The fourth-order valence-electron chi connectivity index (χ4n) is 1.10. The van der Waals surface area contributed by atoms with Gasteiger partial charge in [-0.3, -0.25) is 5.43 Å². The van der Waals surface area contributed by atoms with Crippen LogP contribution in [0.4, 0.5) is 9.59 Å². The van der Waals surface area contributed by atoms with Crippen LogP contribution in [0.15, 0.2) is 5.10 Å². The van der Waals surface area contributed by atoms with Crippen LogP contribution in [0.3, 0.4) is 0 Å². The zero-order chi connectivity index (χ0) is 12.8. The molecule has 0 aliphatic heterocycles. The lowest BCUT2D eigenvalue weighted by molar-refractivity contribution is 0.236. The molecule has 0 bridgehead atoms. The van der Waals surface area contributed by atoms with Crippen molar-refractivity contribution in [3.8, 4) is 0 Å².